The molecule has 2 aromatic carbocycles. The minimum Gasteiger partial charge on any atom is -0.484 e. The number of likely N-dealkylation sites (N-methyl/N-ethyl adjacent to an activating group) is 1. The summed E-state index contributed by atoms with van der Waals surface area (Å²) in [6.07, 6.45) is 0. The van der Waals surface area contributed by atoms with E-state index in [2.05, 4.69) is 5.32 Å². The van der Waals surface area contributed by atoms with Crippen LogP contribution in [0.25, 0.3) is 0 Å². The average molecular weight is 427 g/mol. The summed E-state index contributed by atoms with van der Waals surface area (Å²) < 4.78 is 18.4. The van der Waals surface area contributed by atoms with Crippen LogP contribution in [0.3, 0.4) is 0 Å². The molecule has 0 unspecified atom stereocenters. The molecule has 0 bridgehead atoms. The second-order valence-corrected chi connectivity index (χ2v) is 6.91. The van der Waals surface area contributed by atoms with Gasteiger partial charge >= 0.3 is 0 Å². The smallest absolute Gasteiger partial charge is 0.261 e. The van der Waals surface area contributed by atoms with Crippen molar-refractivity contribution in [1.82, 2.24) is 10.2 Å². The minimum absolute atomic E-state index is 0.111. The molecule has 0 saturated heterocycles. The van der Waals surface area contributed by atoms with E-state index < -0.39 is 17.8 Å². The first-order valence-electron chi connectivity index (χ1n) is 8.71. The van der Waals surface area contributed by atoms with Crippen molar-refractivity contribution >= 4 is 35.0 Å². The van der Waals surface area contributed by atoms with Crippen molar-refractivity contribution in [2.24, 2.45) is 0 Å². The second-order valence-electron chi connectivity index (χ2n) is 6.07. The third-order valence-corrected chi connectivity index (χ3v) is 4.64. The van der Waals surface area contributed by atoms with Gasteiger partial charge < -0.3 is 15.0 Å². The molecule has 0 saturated carbocycles. The summed E-state index contributed by atoms with van der Waals surface area (Å²) in [5, 5.41) is 3.57. The minimum atomic E-state index is -0.740. The van der Waals surface area contributed by atoms with Crippen LogP contribution < -0.4 is 10.1 Å². The zero-order chi connectivity index (χ0) is 20.7. The lowest BCUT2D eigenvalue weighted by Crippen LogP contribution is -2.49. The van der Waals surface area contributed by atoms with Gasteiger partial charge in [-0.2, -0.15) is 0 Å². The van der Waals surface area contributed by atoms with Gasteiger partial charge in [-0.3, -0.25) is 9.59 Å². The first kappa shape index (κ1) is 22.0. The molecule has 0 spiro atoms. The van der Waals surface area contributed by atoms with Crippen molar-refractivity contribution in [3.8, 4) is 5.75 Å². The molecule has 0 heterocycles. The van der Waals surface area contributed by atoms with E-state index in [1.54, 1.807) is 32.0 Å². The Balaban J connectivity index is 2.17. The molecule has 0 aromatic heterocycles. The maximum absolute atomic E-state index is 13.0. The summed E-state index contributed by atoms with van der Waals surface area (Å²) >= 11 is 12.1. The lowest BCUT2D eigenvalue weighted by molar-refractivity contribution is -0.142. The van der Waals surface area contributed by atoms with E-state index in [0.717, 1.165) is 0 Å². The molecule has 28 heavy (non-hydrogen) atoms. The molecule has 150 valence electrons. The van der Waals surface area contributed by atoms with Gasteiger partial charge in [0.2, 0.25) is 5.91 Å². The fourth-order valence-corrected chi connectivity index (χ4v) is 2.97. The highest BCUT2D eigenvalue weighted by molar-refractivity contribution is 6.35. The Kier molecular flexibility index (Phi) is 8.08. The van der Waals surface area contributed by atoms with E-state index >= 15 is 0 Å². The van der Waals surface area contributed by atoms with Crippen LogP contribution in [0.1, 0.15) is 19.4 Å². The zero-order valence-corrected chi connectivity index (χ0v) is 17.1. The van der Waals surface area contributed by atoms with Crippen molar-refractivity contribution in [3.63, 3.8) is 0 Å². The van der Waals surface area contributed by atoms with E-state index in [1.807, 2.05) is 0 Å². The van der Waals surface area contributed by atoms with Crippen LogP contribution in [0.4, 0.5) is 4.39 Å². The largest absolute Gasteiger partial charge is 0.484 e. The van der Waals surface area contributed by atoms with Gasteiger partial charge in [-0.25, -0.2) is 4.39 Å². The molecule has 2 aromatic rings. The van der Waals surface area contributed by atoms with Crippen LogP contribution in [-0.2, 0) is 16.1 Å². The first-order valence-corrected chi connectivity index (χ1v) is 9.47. The van der Waals surface area contributed by atoms with E-state index in [-0.39, 0.29) is 19.1 Å². The fraction of sp³-hybridized carbons (Fsp3) is 0.300. The lowest BCUT2D eigenvalue weighted by atomic mass is 10.1. The lowest BCUT2D eigenvalue weighted by Gasteiger charge is -2.29. The van der Waals surface area contributed by atoms with Gasteiger partial charge in [0.05, 0.1) is 0 Å². The highest BCUT2D eigenvalue weighted by Crippen LogP contribution is 2.23. The molecule has 8 heteroatoms. The summed E-state index contributed by atoms with van der Waals surface area (Å²) in [7, 11) is 0. The molecule has 2 rings (SSSR count). The van der Waals surface area contributed by atoms with Gasteiger partial charge in [-0.05, 0) is 55.8 Å². The predicted octanol–water partition coefficient (Wildman–Crippen LogP) is 4.06. The highest BCUT2D eigenvalue weighted by Gasteiger charge is 2.26. The Morgan fingerprint density at radius 2 is 1.86 bits per heavy atom. The third kappa shape index (κ3) is 6.11. The summed E-state index contributed by atoms with van der Waals surface area (Å²) in [5.74, 6) is -0.746. The molecule has 0 fully saturated rings. The monoisotopic (exact) mass is 426 g/mol. The Hall–Kier alpha value is -2.31. The highest BCUT2D eigenvalue weighted by atomic mass is 35.5. The number of halogens is 3. The molecule has 1 N–H and O–H groups in total. The number of carbonyl (C=O) groups excluding carboxylic acids is 2. The van der Waals surface area contributed by atoms with Crippen molar-refractivity contribution in [3.05, 3.63) is 63.9 Å². The maximum atomic E-state index is 13.0. The number of hydrogen-bond donors (Lipinski definition) is 1. The van der Waals surface area contributed by atoms with E-state index in [0.29, 0.717) is 27.9 Å². The van der Waals surface area contributed by atoms with Crippen LogP contribution >= 0.6 is 23.2 Å². The second kappa shape index (κ2) is 10.3. The molecule has 0 aliphatic rings. The Bertz CT molecular complexity index is 831. The van der Waals surface area contributed by atoms with Crippen LogP contribution in [0, 0.1) is 5.82 Å². The summed E-state index contributed by atoms with van der Waals surface area (Å²) in [6, 6.07) is 9.54. The molecular weight excluding hydrogens is 406 g/mol. The summed E-state index contributed by atoms with van der Waals surface area (Å²) in [4.78, 5) is 26.5. The third-order valence-electron chi connectivity index (χ3n) is 4.05. The number of nitrogens with one attached hydrogen (secondary N) is 1. The molecular formula is C20H21Cl2FN2O3. The number of hydrogen-bond acceptors (Lipinski definition) is 3. The van der Waals surface area contributed by atoms with Crippen LogP contribution in [0.15, 0.2) is 42.5 Å². The quantitative estimate of drug-likeness (QED) is 0.691. The van der Waals surface area contributed by atoms with Crippen molar-refractivity contribution in [1.29, 1.82) is 0 Å². The van der Waals surface area contributed by atoms with E-state index in [4.69, 9.17) is 27.9 Å². The Morgan fingerprint density at radius 3 is 2.46 bits per heavy atom. The Morgan fingerprint density at radius 1 is 1.18 bits per heavy atom. The van der Waals surface area contributed by atoms with Crippen LogP contribution in [-0.4, -0.2) is 35.9 Å². The average Bonchev–Trinajstić information content (AvgIpc) is 2.66. The van der Waals surface area contributed by atoms with Gasteiger partial charge in [0.15, 0.2) is 6.61 Å². The van der Waals surface area contributed by atoms with Crippen molar-refractivity contribution in [2.45, 2.75) is 26.4 Å². The van der Waals surface area contributed by atoms with Gasteiger partial charge in [-0.15, -0.1) is 0 Å². The molecule has 0 aliphatic carbocycles. The van der Waals surface area contributed by atoms with E-state index in [1.165, 1.54) is 29.2 Å². The van der Waals surface area contributed by atoms with Crippen molar-refractivity contribution in [2.75, 3.05) is 13.2 Å². The van der Waals surface area contributed by atoms with Gasteiger partial charge in [-0.1, -0.05) is 29.3 Å². The summed E-state index contributed by atoms with van der Waals surface area (Å²) in [6.45, 7) is 3.68. The number of nitrogens with zero attached hydrogens (tertiary/aromatic N) is 1. The van der Waals surface area contributed by atoms with Crippen LogP contribution in [0.2, 0.25) is 10.0 Å². The van der Waals surface area contributed by atoms with E-state index in [9.17, 15) is 14.0 Å². The zero-order valence-electron chi connectivity index (χ0n) is 15.5. The van der Waals surface area contributed by atoms with Gasteiger partial charge in [0.25, 0.3) is 5.91 Å². The fourth-order valence-electron chi connectivity index (χ4n) is 2.50. The predicted molar refractivity (Wildman–Crippen MR) is 107 cm³/mol. The topological polar surface area (TPSA) is 58.6 Å². The molecule has 0 radical (unpaired) electrons. The standard InChI is InChI=1S/C20H21Cl2FN2O3/c1-3-24-20(27)13(2)25(11-14-4-5-15(21)10-18(14)22)19(26)12-28-17-8-6-16(23)7-9-17/h4-10,13H,3,11-12H2,1-2H3,(H,24,27)/t13-/m1/s1. The molecule has 0 aliphatic heterocycles. The SMILES string of the molecule is CCNC(=O)[C@@H](C)N(Cc1ccc(Cl)cc1Cl)C(=O)COc1ccc(F)cc1. The normalized spacial score (nSPS) is 11.6. The van der Waals surface area contributed by atoms with Crippen LogP contribution in [0.5, 0.6) is 5.75 Å². The van der Waals surface area contributed by atoms with Gasteiger partial charge in [0.1, 0.15) is 17.6 Å². The molecule has 1 atom stereocenters. The number of benzene rings is 2. The van der Waals surface area contributed by atoms with Gasteiger partial charge in [0, 0.05) is 23.1 Å². The molecule has 2 amide bonds. The number of carbonyl (C=O) groups is 2. The number of amides is 2. The maximum Gasteiger partial charge on any atom is 0.261 e. The molecule has 5 nitrogen and oxygen atoms in total. The first-order chi connectivity index (χ1) is 13.3. The summed E-state index contributed by atoms with van der Waals surface area (Å²) in [5.41, 5.74) is 0.650. The number of ether oxygens (including phenoxy) is 1. The van der Waals surface area contributed by atoms with Crippen molar-refractivity contribution < 1.29 is 18.7 Å². The number of rotatable bonds is 8. The Labute approximate surface area is 173 Å².